The normalized spacial score (nSPS) is 36.8. The van der Waals surface area contributed by atoms with E-state index in [1.165, 1.54) is 20.8 Å². The molecule has 0 radical (unpaired) electrons. The lowest BCUT2D eigenvalue weighted by Crippen LogP contribution is -2.60. The zero-order chi connectivity index (χ0) is 42.0. The van der Waals surface area contributed by atoms with Crippen LogP contribution in [0.25, 0.3) is 11.3 Å². The molecule has 4 N–H and O–H groups in total. The minimum absolute atomic E-state index is 0.000830. The molecule has 0 spiro atoms. The number of amides is 2. The zero-order valence-corrected chi connectivity index (χ0v) is 34.4. The third-order valence-electron chi connectivity index (χ3n) is 11.9. The van der Waals surface area contributed by atoms with Gasteiger partial charge in [-0.15, -0.1) is 0 Å². The minimum atomic E-state index is -1.84. The van der Waals surface area contributed by atoms with Crippen molar-refractivity contribution in [2.45, 2.75) is 128 Å². The number of Topliss-reactive ketones (excluding diaryl/α,β-unsaturated/α-hetero) is 2. The SMILES string of the molecule is C[C@H]1C(=O)O[C@H](CCNC(=O)Cc2cccc(-c3ccco3)c2)[C@@]2(C)OC(=O)N[C@@H]2[C@@H](C)C(=O)[C@H](C)C[C@@](C)(O)[C@H](O[C@@H]2O[C@H](C)C[C@H](N(C)C)C2O)[C@@H](C)C1=O. The van der Waals surface area contributed by atoms with Crippen molar-refractivity contribution >= 4 is 29.5 Å². The second-order valence-corrected chi connectivity index (χ2v) is 16.8. The number of likely N-dealkylation sites (N-methyl/N-ethyl adjacent to an activating group) is 1. The van der Waals surface area contributed by atoms with Gasteiger partial charge in [0.1, 0.15) is 29.7 Å². The number of esters is 1. The van der Waals surface area contributed by atoms with Gasteiger partial charge in [-0.25, -0.2) is 4.79 Å². The van der Waals surface area contributed by atoms with Gasteiger partial charge in [-0.2, -0.15) is 0 Å². The van der Waals surface area contributed by atoms with Gasteiger partial charge in [-0.05, 0) is 78.4 Å². The fourth-order valence-corrected chi connectivity index (χ4v) is 8.73. The summed E-state index contributed by atoms with van der Waals surface area (Å²) in [4.78, 5) is 70.2. The molecule has 3 aliphatic heterocycles. The van der Waals surface area contributed by atoms with E-state index in [1.54, 1.807) is 33.1 Å². The van der Waals surface area contributed by atoms with Crippen LogP contribution >= 0.6 is 0 Å². The number of ketones is 2. The van der Waals surface area contributed by atoms with E-state index in [0.29, 0.717) is 12.2 Å². The van der Waals surface area contributed by atoms with Gasteiger partial charge in [0.25, 0.3) is 0 Å². The largest absolute Gasteiger partial charge is 0.464 e. The third-order valence-corrected chi connectivity index (χ3v) is 11.9. The van der Waals surface area contributed by atoms with Gasteiger partial charge in [0.15, 0.2) is 17.7 Å². The van der Waals surface area contributed by atoms with Crippen LogP contribution in [-0.4, -0.2) is 119 Å². The van der Waals surface area contributed by atoms with E-state index in [9.17, 15) is 34.2 Å². The maximum atomic E-state index is 14.2. The number of cyclic esters (lactones) is 1. The summed E-state index contributed by atoms with van der Waals surface area (Å²) in [5.41, 5.74) is -1.87. The molecule has 2 amide bonds. The first-order chi connectivity index (χ1) is 26.7. The molecule has 0 saturated carbocycles. The van der Waals surface area contributed by atoms with E-state index in [-0.39, 0.29) is 49.6 Å². The van der Waals surface area contributed by atoms with Crippen molar-refractivity contribution in [1.82, 2.24) is 15.5 Å². The molecule has 3 aliphatic rings. The number of rotatable bonds is 9. The van der Waals surface area contributed by atoms with Crippen LogP contribution in [0.3, 0.4) is 0 Å². The lowest BCUT2D eigenvalue weighted by molar-refractivity contribution is -0.293. The quantitative estimate of drug-likeness (QED) is 0.213. The predicted molar refractivity (Wildman–Crippen MR) is 206 cm³/mol. The Balaban J connectivity index is 1.40. The van der Waals surface area contributed by atoms with Crippen LogP contribution in [0.5, 0.6) is 0 Å². The van der Waals surface area contributed by atoms with Gasteiger partial charge in [0.2, 0.25) is 5.91 Å². The van der Waals surface area contributed by atoms with Gasteiger partial charge >= 0.3 is 12.1 Å². The van der Waals surface area contributed by atoms with Gasteiger partial charge < -0.3 is 49.1 Å². The molecule has 1 unspecified atom stereocenters. The fraction of sp³-hybridized carbons (Fsp3) is 0.643. The van der Waals surface area contributed by atoms with E-state index in [4.69, 9.17) is 23.4 Å². The zero-order valence-electron chi connectivity index (χ0n) is 34.4. The number of nitrogens with one attached hydrogen (secondary N) is 2. The molecule has 0 bridgehead atoms. The molecule has 0 aliphatic carbocycles. The average Bonchev–Trinajstić information content (AvgIpc) is 3.80. The predicted octanol–water partition coefficient (Wildman–Crippen LogP) is 3.42. The van der Waals surface area contributed by atoms with Crippen molar-refractivity contribution in [1.29, 1.82) is 0 Å². The van der Waals surface area contributed by atoms with Crippen molar-refractivity contribution in [3.05, 3.63) is 48.2 Å². The van der Waals surface area contributed by atoms with Crippen LogP contribution in [0.2, 0.25) is 0 Å². The molecule has 5 rings (SSSR count). The summed E-state index contributed by atoms with van der Waals surface area (Å²) >= 11 is 0. The van der Waals surface area contributed by atoms with Crippen molar-refractivity contribution in [3.63, 3.8) is 0 Å². The highest BCUT2D eigenvalue weighted by Gasteiger charge is 2.57. The lowest BCUT2D eigenvalue weighted by atomic mass is 9.73. The Bertz CT molecular complexity index is 1760. The van der Waals surface area contributed by atoms with Crippen LogP contribution < -0.4 is 10.6 Å². The molecular formula is C42H59N3O12. The van der Waals surface area contributed by atoms with E-state index in [1.807, 2.05) is 56.3 Å². The molecule has 3 fully saturated rings. The topological polar surface area (TPSA) is 203 Å². The monoisotopic (exact) mass is 797 g/mol. The Morgan fingerprint density at radius 3 is 2.40 bits per heavy atom. The first-order valence-electron chi connectivity index (χ1n) is 19.8. The molecular weight excluding hydrogens is 738 g/mol. The highest BCUT2D eigenvalue weighted by atomic mass is 16.7. The molecule has 1 aromatic heterocycles. The molecule has 15 nitrogen and oxygen atoms in total. The van der Waals surface area contributed by atoms with Crippen molar-refractivity contribution in [3.8, 4) is 11.3 Å². The number of carbonyl (C=O) groups excluding carboxylic acids is 5. The number of alkyl carbamates (subject to hydrolysis) is 1. The molecule has 3 saturated heterocycles. The Kier molecular flexibility index (Phi) is 13.7. The second-order valence-electron chi connectivity index (χ2n) is 16.8. The standard InChI is InChI=1S/C42H59N3O12/c1-22-21-41(6,52)37(56-39-35(49)29(45(8)9)18-23(2)54-39)25(4)34(48)26(5)38(50)55-31(42(7)36(24(3)33(22)47)44-40(51)57-42)15-16-43-32(46)20-27-12-10-13-28(19-27)30-14-11-17-53-30/h10-14,17,19,22-26,29,31,35-37,39,49,52H,15-16,18,20-21H2,1-9H3,(H,43,46)(H,44,51)/t22-,23-,24+,25+,26-,29+,31-,35?,36-,37-,39+,41-,42-/m1/s1. The van der Waals surface area contributed by atoms with Crippen LogP contribution in [0, 0.1) is 23.7 Å². The van der Waals surface area contributed by atoms with E-state index in [0.717, 1.165) is 11.1 Å². The molecule has 2 aromatic rings. The van der Waals surface area contributed by atoms with Crippen LogP contribution in [-0.2, 0) is 44.5 Å². The van der Waals surface area contributed by atoms with E-state index >= 15 is 0 Å². The second kappa shape index (κ2) is 17.8. The number of hydrogen-bond acceptors (Lipinski definition) is 13. The van der Waals surface area contributed by atoms with Crippen LogP contribution in [0.1, 0.15) is 73.3 Å². The van der Waals surface area contributed by atoms with Gasteiger partial charge in [0.05, 0.1) is 36.5 Å². The Morgan fingerprint density at radius 1 is 1.02 bits per heavy atom. The smallest absolute Gasteiger partial charge is 0.408 e. The summed E-state index contributed by atoms with van der Waals surface area (Å²) in [5.74, 6) is -5.76. The number of aliphatic hydroxyl groups excluding tert-OH is 1. The third kappa shape index (κ3) is 9.77. The molecule has 15 heteroatoms. The number of nitrogens with zero attached hydrogens (tertiary/aromatic N) is 1. The Hall–Kier alpha value is -4.15. The number of carbonyl (C=O) groups is 5. The first-order valence-corrected chi connectivity index (χ1v) is 19.8. The molecule has 314 valence electrons. The van der Waals surface area contributed by atoms with Gasteiger partial charge in [-0.3, -0.25) is 19.2 Å². The number of hydrogen-bond donors (Lipinski definition) is 4. The lowest BCUT2D eigenvalue weighted by Gasteiger charge is -2.46. The van der Waals surface area contributed by atoms with Crippen LogP contribution in [0.15, 0.2) is 47.1 Å². The fourth-order valence-electron chi connectivity index (χ4n) is 8.73. The minimum Gasteiger partial charge on any atom is -0.464 e. The first kappa shape index (κ1) is 44.0. The van der Waals surface area contributed by atoms with Crippen molar-refractivity contribution in [2.75, 3.05) is 20.6 Å². The average molecular weight is 798 g/mol. The van der Waals surface area contributed by atoms with E-state index < -0.39 is 83.4 Å². The number of ether oxygens (including phenoxy) is 4. The molecule has 13 atom stereocenters. The highest BCUT2D eigenvalue weighted by Crippen LogP contribution is 2.39. The summed E-state index contributed by atoms with van der Waals surface area (Å²) in [7, 11) is 3.64. The maximum absolute atomic E-state index is 14.2. The molecule has 4 heterocycles. The number of aliphatic hydroxyl groups is 2. The summed E-state index contributed by atoms with van der Waals surface area (Å²) in [6.07, 6.45) is -4.11. The molecule has 57 heavy (non-hydrogen) atoms. The van der Waals surface area contributed by atoms with Gasteiger partial charge in [0, 0.05) is 42.3 Å². The summed E-state index contributed by atoms with van der Waals surface area (Å²) < 4.78 is 29.7. The summed E-state index contributed by atoms with van der Waals surface area (Å²) in [6, 6.07) is 9.64. The number of furan rings is 1. The van der Waals surface area contributed by atoms with E-state index in [2.05, 4.69) is 10.6 Å². The summed E-state index contributed by atoms with van der Waals surface area (Å²) in [5, 5.41) is 29.0. The number of benzene rings is 1. The highest BCUT2D eigenvalue weighted by molar-refractivity contribution is 6.00. The van der Waals surface area contributed by atoms with Crippen molar-refractivity contribution in [2.24, 2.45) is 23.7 Å². The number of fused-ring (bicyclic) bond motifs is 1. The maximum Gasteiger partial charge on any atom is 0.408 e. The Labute approximate surface area is 334 Å². The Morgan fingerprint density at radius 2 is 1.74 bits per heavy atom. The van der Waals surface area contributed by atoms with Crippen LogP contribution in [0.4, 0.5) is 4.79 Å². The van der Waals surface area contributed by atoms with Crippen molar-refractivity contribution < 1.29 is 57.6 Å². The van der Waals surface area contributed by atoms with Gasteiger partial charge in [-0.1, -0.05) is 39.0 Å². The summed E-state index contributed by atoms with van der Waals surface area (Å²) in [6.45, 7) is 11.0. The molecule has 1 aromatic carbocycles.